The molecule has 3 aromatic carbocycles. The van der Waals surface area contributed by atoms with E-state index >= 15 is 0 Å². The zero-order valence-electron chi connectivity index (χ0n) is 18.7. The Hall–Kier alpha value is -3.60. The van der Waals surface area contributed by atoms with E-state index in [1.165, 1.54) is 11.1 Å². The van der Waals surface area contributed by atoms with E-state index in [1.54, 1.807) is 0 Å². The lowest BCUT2D eigenvalue weighted by Gasteiger charge is -2.13. The molecule has 0 spiro atoms. The van der Waals surface area contributed by atoms with E-state index in [2.05, 4.69) is 48.0 Å². The molecule has 0 unspecified atom stereocenters. The minimum atomic E-state index is 0.0269. The number of aryl methyl sites for hydroxylation is 3. The minimum Gasteiger partial charge on any atom is -0.491 e. The second kappa shape index (κ2) is 10.1. The van der Waals surface area contributed by atoms with E-state index in [9.17, 15) is 4.79 Å². The summed E-state index contributed by atoms with van der Waals surface area (Å²) in [6.07, 6.45) is 1.19. The molecule has 1 heterocycles. The number of hydrogen-bond donors (Lipinski definition) is 1. The van der Waals surface area contributed by atoms with Crippen molar-refractivity contribution in [1.82, 2.24) is 14.9 Å². The molecule has 1 amide bonds. The van der Waals surface area contributed by atoms with E-state index < -0.39 is 0 Å². The van der Waals surface area contributed by atoms with Crippen molar-refractivity contribution in [2.75, 3.05) is 6.61 Å². The predicted molar refractivity (Wildman–Crippen MR) is 128 cm³/mol. The molecular weight excluding hydrogens is 398 g/mol. The molecule has 1 aromatic heterocycles. The Morgan fingerprint density at radius 1 is 1.00 bits per heavy atom. The van der Waals surface area contributed by atoms with Crippen LogP contribution in [0.25, 0.3) is 11.0 Å². The standard InChI is InChI=1S/C27H29N3O2/c1-20-12-13-21(2)25(18-20)32-17-16-30-24-11-7-6-10-23(24)29-26(30)19-28-27(31)15-14-22-8-4-3-5-9-22/h3-13,18H,14-17,19H2,1-2H3,(H,28,31). The Bertz CT molecular complexity index is 1200. The maximum Gasteiger partial charge on any atom is 0.220 e. The number of rotatable bonds is 9. The minimum absolute atomic E-state index is 0.0269. The van der Waals surface area contributed by atoms with Gasteiger partial charge in [-0.15, -0.1) is 0 Å². The molecular formula is C27H29N3O2. The number of nitrogens with zero attached hydrogens (tertiary/aromatic N) is 2. The molecule has 0 aliphatic rings. The molecule has 0 aliphatic heterocycles. The third kappa shape index (κ3) is 5.35. The molecule has 164 valence electrons. The van der Waals surface area contributed by atoms with Gasteiger partial charge in [0, 0.05) is 6.42 Å². The summed E-state index contributed by atoms with van der Waals surface area (Å²) in [4.78, 5) is 17.2. The van der Waals surface area contributed by atoms with Crippen LogP contribution < -0.4 is 10.1 Å². The third-order valence-corrected chi connectivity index (χ3v) is 5.58. The van der Waals surface area contributed by atoms with Crippen molar-refractivity contribution in [3.8, 4) is 5.75 Å². The fourth-order valence-electron chi connectivity index (χ4n) is 3.79. The van der Waals surface area contributed by atoms with Crippen molar-refractivity contribution in [3.63, 3.8) is 0 Å². The monoisotopic (exact) mass is 427 g/mol. The second-order valence-electron chi connectivity index (χ2n) is 8.05. The number of imidazole rings is 1. The molecule has 5 heteroatoms. The smallest absolute Gasteiger partial charge is 0.220 e. The van der Waals surface area contributed by atoms with Gasteiger partial charge in [-0.05, 0) is 55.2 Å². The summed E-state index contributed by atoms with van der Waals surface area (Å²) in [5.41, 5.74) is 5.44. The lowest BCUT2D eigenvalue weighted by atomic mass is 10.1. The van der Waals surface area contributed by atoms with Gasteiger partial charge < -0.3 is 14.6 Å². The average molecular weight is 428 g/mol. The number of aromatic nitrogens is 2. The molecule has 0 atom stereocenters. The van der Waals surface area contributed by atoms with Crippen LogP contribution in [-0.4, -0.2) is 22.1 Å². The highest BCUT2D eigenvalue weighted by Gasteiger charge is 2.12. The van der Waals surface area contributed by atoms with Gasteiger partial charge in [-0.2, -0.15) is 0 Å². The summed E-state index contributed by atoms with van der Waals surface area (Å²) < 4.78 is 8.21. The van der Waals surface area contributed by atoms with Crippen molar-refractivity contribution in [1.29, 1.82) is 0 Å². The van der Waals surface area contributed by atoms with E-state index in [1.807, 2.05) is 48.5 Å². The van der Waals surface area contributed by atoms with Crippen molar-refractivity contribution in [2.24, 2.45) is 0 Å². The van der Waals surface area contributed by atoms with Crippen molar-refractivity contribution < 1.29 is 9.53 Å². The van der Waals surface area contributed by atoms with Gasteiger partial charge in [0.25, 0.3) is 0 Å². The molecule has 0 radical (unpaired) electrons. The number of amides is 1. The van der Waals surface area contributed by atoms with Gasteiger partial charge in [0.05, 0.1) is 24.1 Å². The number of para-hydroxylation sites is 2. The largest absolute Gasteiger partial charge is 0.491 e. The van der Waals surface area contributed by atoms with Gasteiger partial charge in [0.15, 0.2) is 0 Å². The van der Waals surface area contributed by atoms with E-state index in [4.69, 9.17) is 9.72 Å². The Balaban J connectivity index is 1.40. The molecule has 4 aromatic rings. The highest BCUT2D eigenvalue weighted by Crippen LogP contribution is 2.20. The summed E-state index contributed by atoms with van der Waals surface area (Å²) in [6, 6.07) is 24.3. The van der Waals surface area contributed by atoms with Crippen LogP contribution in [0.3, 0.4) is 0 Å². The van der Waals surface area contributed by atoms with Crippen molar-refractivity contribution in [2.45, 2.75) is 39.8 Å². The van der Waals surface area contributed by atoms with Gasteiger partial charge in [-0.25, -0.2) is 4.98 Å². The van der Waals surface area contributed by atoms with E-state index in [0.29, 0.717) is 26.1 Å². The predicted octanol–water partition coefficient (Wildman–Crippen LogP) is 4.98. The molecule has 32 heavy (non-hydrogen) atoms. The maximum atomic E-state index is 12.4. The molecule has 0 bridgehead atoms. The average Bonchev–Trinajstić information content (AvgIpc) is 3.17. The Morgan fingerprint density at radius 3 is 2.62 bits per heavy atom. The maximum absolute atomic E-state index is 12.4. The molecule has 0 saturated heterocycles. The SMILES string of the molecule is Cc1ccc(C)c(OCCn2c(CNC(=O)CCc3ccccc3)nc3ccccc32)c1. The first kappa shape index (κ1) is 21.6. The van der Waals surface area contributed by atoms with Gasteiger partial charge in [0.1, 0.15) is 18.2 Å². The van der Waals surface area contributed by atoms with Crippen molar-refractivity contribution >= 4 is 16.9 Å². The van der Waals surface area contributed by atoms with Crippen LogP contribution in [0.5, 0.6) is 5.75 Å². The molecule has 0 saturated carbocycles. The summed E-state index contributed by atoms with van der Waals surface area (Å²) in [5.74, 6) is 1.77. The van der Waals surface area contributed by atoms with Gasteiger partial charge in [-0.1, -0.05) is 54.6 Å². The third-order valence-electron chi connectivity index (χ3n) is 5.58. The summed E-state index contributed by atoms with van der Waals surface area (Å²) in [6.45, 7) is 5.69. The molecule has 4 rings (SSSR count). The van der Waals surface area contributed by atoms with Crippen LogP contribution >= 0.6 is 0 Å². The first-order valence-electron chi connectivity index (χ1n) is 11.0. The van der Waals surface area contributed by atoms with Gasteiger partial charge in [-0.3, -0.25) is 4.79 Å². The summed E-state index contributed by atoms with van der Waals surface area (Å²) in [5, 5.41) is 3.03. The summed E-state index contributed by atoms with van der Waals surface area (Å²) >= 11 is 0. The van der Waals surface area contributed by atoms with Crippen LogP contribution in [0.2, 0.25) is 0 Å². The van der Waals surface area contributed by atoms with Crippen LogP contribution in [0.1, 0.15) is 28.9 Å². The van der Waals surface area contributed by atoms with E-state index in [0.717, 1.165) is 34.6 Å². The number of hydrogen-bond acceptors (Lipinski definition) is 3. The number of ether oxygens (including phenoxy) is 1. The van der Waals surface area contributed by atoms with Gasteiger partial charge in [0.2, 0.25) is 5.91 Å². The number of carbonyl (C=O) groups excluding carboxylic acids is 1. The molecule has 0 aliphatic carbocycles. The Morgan fingerprint density at radius 2 is 1.78 bits per heavy atom. The lowest BCUT2D eigenvalue weighted by Crippen LogP contribution is -2.25. The number of nitrogens with one attached hydrogen (secondary N) is 1. The molecule has 5 nitrogen and oxygen atoms in total. The quantitative estimate of drug-likeness (QED) is 0.410. The zero-order valence-corrected chi connectivity index (χ0v) is 18.7. The fourth-order valence-corrected chi connectivity index (χ4v) is 3.79. The number of fused-ring (bicyclic) bond motifs is 1. The van der Waals surface area contributed by atoms with Gasteiger partial charge >= 0.3 is 0 Å². The Labute approximate surface area is 189 Å². The highest BCUT2D eigenvalue weighted by atomic mass is 16.5. The van der Waals surface area contributed by atoms with E-state index in [-0.39, 0.29) is 5.91 Å². The first-order valence-corrected chi connectivity index (χ1v) is 11.0. The molecule has 1 N–H and O–H groups in total. The zero-order chi connectivity index (χ0) is 22.3. The topological polar surface area (TPSA) is 56.1 Å². The van der Waals surface area contributed by atoms with Crippen LogP contribution in [0, 0.1) is 13.8 Å². The summed E-state index contributed by atoms with van der Waals surface area (Å²) in [7, 11) is 0. The highest BCUT2D eigenvalue weighted by molar-refractivity contribution is 5.77. The Kier molecular flexibility index (Phi) is 6.85. The van der Waals surface area contributed by atoms with Crippen LogP contribution in [0.4, 0.5) is 0 Å². The van der Waals surface area contributed by atoms with Crippen LogP contribution in [-0.2, 0) is 24.3 Å². The first-order chi connectivity index (χ1) is 15.6. The fraction of sp³-hybridized carbons (Fsp3) is 0.259. The lowest BCUT2D eigenvalue weighted by molar-refractivity contribution is -0.121. The van der Waals surface area contributed by atoms with Crippen LogP contribution in [0.15, 0.2) is 72.8 Å². The molecule has 0 fully saturated rings. The second-order valence-corrected chi connectivity index (χ2v) is 8.05. The number of benzene rings is 3. The van der Waals surface area contributed by atoms with Crippen molar-refractivity contribution in [3.05, 3.63) is 95.3 Å². The number of carbonyl (C=O) groups is 1. The normalized spacial score (nSPS) is 10.9.